The molecule has 2 heterocycles. The molecular formula is C30H34N2O3S. The fraction of sp³-hybridized carbons (Fsp3) is 0.367. The second-order valence-corrected chi connectivity index (χ2v) is 11.8. The van der Waals surface area contributed by atoms with Crippen LogP contribution in [0, 0.1) is 5.92 Å². The Hall–Kier alpha value is -3.12. The van der Waals surface area contributed by atoms with Gasteiger partial charge in [0.2, 0.25) is 5.91 Å². The van der Waals surface area contributed by atoms with Gasteiger partial charge in [-0.25, -0.2) is 8.42 Å². The minimum Gasteiger partial charge on any atom is -0.343 e. The Labute approximate surface area is 214 Å². The molecule has 3 aromatic rings. The zero-order valence-corrected chi connectivity index (χ0v) is 21.5. The Morgan fingerprint density at radius 3 is 2.25 bits per heavy atom. The van der Waals surface area contributed by atoms with Crippen LogP contribution in [0.3, 0.4) is 0 Å². The Balaban J connectivity index is 1.14. The summed E-state index contributed by atoms with van der Waals surface area (Å²) in [7, 11) is -3.61. The first kappa shape index (κ1) is 24.6. The van der Waals surface area contributed by atoms with Gasteiger partial charge in [-0.1, -0.05) is 60.7 Å². The lowest BCUT2D eigenvalue weighted by Gasteiger charge is -2.32. The molecule has 0 spiro atoms. The molecule has 6 heteroatoms. The summed E-state index contributed by atoms with van der Waals surface area (Å²) in [5.74, 6) is 0.826. The Bertz CT molecular complexity index is 1280. The van der Waals surface area contributed by atoms with E-state index >= 15 is 0 Å². The molecule has 0 N–H and O–H groups in total. The molecule has 0 bridgehead atoms. The van der Waals surface area contributed by atoms with Crippen molar-refractivity contribution in [2.75, 3.05) is 23.9 Å². The third-order valence-corrected chi connectivity index (χ3v) is 9.37. The van der Waals surface area contributed by atoms with Crippen LogP contribution >= 0.6 is 0 Å². The highest BCUT2D eigenvalue weighted by Crippen LogP contribution is 2.32. The SMILES string of the molecule is O=C(CCc1ccc(S(=O)(=O)N2CCCc3ccccc32)cc1)N1CCC(Cc2ccccc2)CC1. The number of amides is 1. The van der Waals surface area contributed by atoms with E-state index in [9.17, 15) is 13.2 Å². The number of sulfonamides is 1. The zero-order valence-electron chi connectivity index (χ0n) is 20.7. The fourth-order valence-corrected chi connectivity index (χ4v) is 6.99. The third-order valence-electron chi connectivity index (χ3n) is 7.54. The quantitative estimate of drug-likeness (QED) is 0.444. The van der Waals surface area contributed by atoms with Crippen molar-refractivity contribution < 1.29 is 13.2 Å². The second kappa shape index (κ2) is 10.9. The van der Waals surface area contributed by atoms with Crippen molar-refractivity contribution in [3.8, 4) is 0 Å². The number of rotatable bonds is 7. The molecule has 2 aliphatic rings. The van der Waals surface area contributed by atoms with Gasteiger partial charge in [0.15, 0.2) is 0 Å². The summed E-state index contributed by atoms with van der Waals surface area (Å²) in [6.07, 6.45) is 5.98. The second-order valence-electron chi connectivity index (χ2n) is 9.97. The molecule has 5 rings (SSSR count). The van der Waals surface area contributed by atoms with Gasteiger partial charge in [-0.05, 0) is 79.3 Å². The highest BCUT2D eigenvalue weighted by molar-refractivity contribution is 7.92. The van der Waals surface area contributed by atoms with E-state index in [2.05, 4.69) is 24.3 Å². The molecule has 0 unspecified atom stereocenters. The van der Waals surface area contributed by atoms with Gasteiger partial charge in [0.25, 0.3) is 10.0 Å². The van der Waals surface area contributed by atoms with Crippen LogP contribution in [0.5, 0.6) is 0 Å². The molecule has 3 aromatic carbocycles. The minimum absolute atomic E-state index is 0.190. The average Bonchev–Trinajstić information content (AvgIpc) is 2.92. The van der Waals surface area contributed by atoms with Crippen LogP contribution in [-0.2, 0) is 34.1 Å². The average molecular weight is 503 g/mol. The lowest BCUT2D eigenvalue weighted by atomic mass is 9.90. The summed E-state index contributed by atoms with van der Waals surface area (Å²) in [6, 6.07) is 25.4. The van der Waals surface area contributed by atoms with Crippen LogP contribution in [0.15, 0.2) is 83.8 Å². The number of carbonyl (C=O) groups is 1. The Morgan fingerprint density at radius 1 is 0.806 bits per heavy atom. The molecule has 0 radical (unpaired) electrons. The standard InChI is InChI=1S/C30H34N2O3S/c33-30(31-21-18-26(19-22-31)23-25-7-2-1-3-8-25)17-14-24-12-15-28(16-13-24)36(34,35)32-20-6-10-27-9-4-5-11-29(27)32/h1-5,7-9,11-13,15-16,26H,6,10,14,17-23H2. The number of para-hydroxylation sites is 1. The predicted molar refractivity (Wildman–Crippen MR) is 144 cm³/mol. The van der Waals surface area contributed by atoms with Crippen molar-refractivity contribution >= 4 is 21.6 Å². The summed E-state index contributed by atoms with van der Waals surface area (Å²) in [6.45, 7) is 2.15. The van der Waals surface area contributed by atoms with Crippen molar-refractivity contribution in [3.05, 3.63) is 95.6 Å². The van der Waals surface area contributed by atoms with E-state index in [-0.39, 0.29) is 5.91 Å². The maximum absolute atomic E-state index is 13.3. The van der Waals surface area contributed by atoms with E-state index in [0.29, 0.717) is 30.2 Å². The number of nitrogens with zero attached hydrogens (tertiary/aromatic N) is 2. The lowest BCUT2D eigenvalue weighted by Crippen LogP contribution is -2.39. The van der Waals surface area contributed by atoms with Crippen molar-refractivity contribution in [1.82, 2.24) is 4.90 Å². The number of piperidine rings is 1. The molecule has 1 fully saturated rings. The largest absolute Gasteiger partial charge is 0.343 e. The van der Waals surface area contributed by atoms with Crippen LogP contribution in [0.25, 0.3) is 0 Å². The van der Waals surface area contributed by atoms with Gasteiger partial charge in [-0.3, -0.25) is 9.10 Å². The zero-order chi connectivity index (χ0) is 25.0. The van der Waals surface area contributed by atoms with E-state index in [4.69, 9.17) is 0 Å². The molecule has 0 aromatic heterocycles. The molecule has 5 nitrogen and oxygen atoms in total. The molecule has 0 aliphatic carbocycles. The molecule has 36 heavy (non-hydrogen) atoms. The number of hydrogen-bond acceptors (Lipinski definition) is 3. The number of aryl methyl sites for hydroxylation is 2. The lowest BCUT2D eigenvalue weighted by molar-refractivity contribution is -0.132. The highest BCUT2D eigenvalue weighted by atomic mass is 32.2. The summed E-state index contributed by atoms with van der Waals surface area (Å²) < 4.78 is 28.2. The van der Waals surface area contributed by atoms with Crippen molar-refractivity contribution in [3.63, 3.8) is 0 Å². The molecule has 1 saturated heterocycles. The molecule has 1 amide bonds. The normalized spacial score (nSPS) is 16.6. The number of benzene rings is 3. The van der Waals surface area contributed by atoms with Crippen LogP contribution < -0.4 is 4.31 Å². The smallest absolute Gasteiger partial charge is 0.264 e. The Kier molecular flexibility index (Phi) is 7.42. The van der Waals surface area contributed by atoms with E-state index in [1.807, 2.05) is 47.4 Å². The molecular weight excluding hydrogens is 468 g/mol. The summed E-state index contributed by atoms with van der Waals surface area (Å²) in [4.78, 5) is 15.1. The fourth-order valence-electron chi connectivity index (χ4n) is 5.45. The van der Waals surface area contributed by atoms with Crippen molar-refractivity contribution in [2.24, 2.45) is 5.92 Å². The van der Waals surface area contributed by atoms with Crippen molar-refractivity contribution in [1.29, 1.82) is 0 Å². The van der Waals surface area contributed by atoms with Gasteiger partial charge in [0, 0.05) is 26.1 Å². The highest BCUT2D eigenvalue weighted by Gasteiger charge is 2.29. The van der Waals surface area contributed by atoms with Gasteiger partial charge in [0.1, 0.15) is 0 Å². The number of fused-ring (bicyclic) bond motifs is 1. The minimum atomic E-state index is -3.61. The van der Waals surface area contributed by atoms with Crippen LogP contribution in [0.2, 0.25) is 0 Å². The summed E-state index contributed by atoms with van der Waals surface area (Å²) >= 11 is 0. The summed E-state index contributed by atoms with van der Waals surface area (Å²) in [5, 5.41) is 0. The Morgan fingerprint density at radius 2 is 1.50 bits per heavy atom. The predicted octanol–water partition coefficient (Wildman–Crippen LogP) is 5.24. The van der Waals surface area contributed by atoms with E-state index < -0.39 is 10.0 Å². The molecule has 188 valence electrons. The van der Waals surface area contributed by atoms with Gasteiger partial charge in [-0.15, -0.1) is 0 Å². The maximum Gasteiger partial charge on any atom is 0.264 e. The van der Waals surface area contributed by atoms with E-state index in [1.54, 1.807) is 12.1 Å². The van der Waals surface area contributed by atoms with Gasteiger partial charge >= 0.3 is 0 Å². The maximum atomic E-state index is 13.3. The topological polar surface area (TPSA) is 57.7 Å². The third kappa shape index (κ3) is 5.49. The van der Waals surface area contributed by atoms with Crippen LogP contribution in [0.4, 0.5) is 5.69 Å². The van der Waals surface area contributed by atoms with Crippen LogP contribution in [0.1, 0.15) is 42.4 Å². The van der Waals surface area contributed by atoms with E-state index in [0.717, 1.165) is 62.0 Å². The number of carbonyl (C=O) groups excluding carboxylic acids is 1. The molecule has 0 saturated carbocycles. The van der Waals surface area contributed by atoms with Gasteiger partial charge in [-0.2, -0.15) is 0 Å². The number of anilines is 1. The first-order valence-corrected chi connectivity index (χ1v) is 14.5. The molecule has 0 atom stereocenters. The van der Waals surface area contributed by atoms with E-state index in [1.165, 1.54) is 9.87 Å². The van der Waals surface area contributed by atoms with Gasteiger partial charge < -0.3 is 4.90 Å². The molecule has 2 aliphatic heterocycles. The summed E-state index contributed by atoms with van der Waals surface area (Å²) in [5.41, 5.74) is 4.22. The van der Waals surface area contributed by atoms with Crippen LogP contribution in [-0.4, -0.2) is 38.9 Å². The van der Waals surface area contributed by atoms with Gasteiger partial charge in [0.05, 0.1) is 10.6 Å². The first-order chi connectivity index (χ1) is 17.5. The first-order valence-electron chi connectivity index (χ1n) is 13.0. The number of likely N-dealkylation sites (tertiary alicyclic amines) is 1. The monoisotopic (exact) mass is 502 g/mol. The van der Waals surface area contributed by atoms with Crippen molar-refractivity contribution in [2.45, 2.75) is 49.8 Å². The number of hydrogen-bond donors (Lipinski definition) is 0.